The van der Waals surface area contributed by atoms with Crippen LogP contribution in [0, 0.1) is 6.92 Å². The van der Waals surface area contributed by atoms with E-state index in [-0.39, 0.29) is 0 Å². The Morgan fingerprint density at radius 1 is 1.38 bits per heavy atom. The predicted octanol–water partition coefficient (Wildman–Crippen LogP) is 2.51. The summed E-state index contributed by atoms with van der Waals surface area (Å²) < 4.78 is 0. The van der Waals surface area contributed by atoms with E-state index in [1.807, 2.05) is 31.2 Å². The summed E-state index contributed by atoms with van der Waals surface area (Å²) in [6, 6.07) is 0. The van der Waals surface area contributed by atoms with E-state index in [9.17, 15) is 0 Å². The van der Waals surface area contributed by atoms with Crippen molar-refractivity contribution in [2.24, 2.45) is 0 Å². The van der Waals surface area contributed by atoms with Crippen molar-refractivity contribution in [1.82, 2.24) is 0 Å². The fourth-order valence-electron chi connectivity index (χ4n) is 0.303. The summed E-state index contributed by atoms with van der Waals surface area (Å²) in [5, 5.41) is 0. The maximum atomic E-state index is 3.60. The second-order valence-electron chi connectivity index (χ2n) is 1.54. The minimum atomic E-state index is 0.836. The summed E-state index contributed by atoms with van der Waals surface area (Å²) >= 11 is 0. The van der Waals surface area contributed by atoms with Crippen molar-refractivity contribution in [3.63, 3.8) is 0 Å². The summed E-state index contributed by atoms with van der Waals surface area (Å²) in [6.07, 6.45) is 7.67. The summed E-state index contributed by atoms with van der Waals surface area (Å²) in [5.41, 5.74) is 0.836. The third kappa shape index (κ3) is 5.22. The van der Waals surface area contributed by atoms with Crippen LogP contribution in [0.1, 0.15) is 6.92 Å². The third-order valence-electron chi connectivity index (χ3n) is 0.635. The number of rotatable bonds is 2. The average Bonchev–Trinajstić information content (AvgIpc) is 1.66. The van der Waals surface area contributed by atoms with Crippen LogP contribution < -0.4 is 0 Å². The van der Waals surface area contributed by atoms with Crippen molar-refractivity contribution in [2.75, 3.05) is 0 Å². The summed E-state index contributed by atoms with van der Waals surface area (Å²) in [6.45, 7) is 9.16. The van der Waals surface area contributed by atoms with E-state index in [2.05, 4.69) is 13.5 Å². The number of allylic oxidation sites excluding steroid dienone is 5. The third-order valence-corrected chi connectivity index (χ3v) is 0.635. The van der Waals surface area contributed by atoms with E-state index in [1.165, 1.54) is 0 Å². The molecule has 0 saturated carbocycles. The van der Waals surface area contributed by atoms with E-state index in [0.29, 0.717) is 0 Å². The van der Waals surface area contributed by atoms with Crippen LogP contribution >= 0.6 is 0 Å². The minimum Gasteiger partial charge on any atom is -0.0958 e. The molecule has 0 bridgehead atoms. The molecule has 0 aliphatic carbocycles. The summed E-state index contributed by atoms with van der Waals surface area (Å²) in [4.78, 5) is 0. The van der Waals surface area contributed by atoms with Gasteiger partial charge in [0.25, 0.3) is 0 Å². The topological polar surface area (TPSA) is 0 Å². The van der Waals surface area contributed by atoms with E-state index in [1.54, 1.807) is 0 Å². The molecule has 0 aliphatic rings. The van der Waals surface area contributed by atoms with Crippen LogP contribution in [0.15, 0.2) is 36.5 Å². The molecule has 0 nitrogen and oxygen atoms in total. The Morgan fingerprint density at radius 2 is 2.00 bits per heavy atom. The maximum absolute atomic E-state index is 3.60. The molecule has 0 amide bonds. The van der Waals surface area contributed by atoms with Gasteiger partial charge in [-0.1, -0.05) is 36.5 Å². The van der Waals surface area contributed by atoms with Crippen molar-refractivity contribution in [3.8, 4) is 0 Å². The molecule has 1 radical (unpaired) electrons. The zero-order chi connectivity index (χ0) is 6.41. The molecule has 0 heteroatoms. The van der Waals surface area contributed by atoms with Crippen molar-refractivity contribution in [3.05, 3.63) is 43.4 Å². The highest BCUT2D eigenvalue weighted by Gasteiger charge is 1.66. The molecular weight excluding hydrogens is 96.1 g/mol. The van der Waals surface area contributed by atoms with Gasteiger partial charge in [-0.25, -0.2) is 0 Å². The highest BCUT2D eigenvalue weighted by molar-refractivity contribution is 5.20. The monoisotopic (exact) mass is 107 g/mol. The van der Waals surface area contributed by atoms with E-state index < -0.39 is 0 Å². The highest BCUT2D eigenvalue weighted by Crippen LogP contribution is 1.87. The van der Waals surface area contributed by atoms with Crippen LogP contribution in [0.4, 0.5) is 0 Å². The van der Waals surface area contributed by atoms with Crippen LogP contribution in [-0.4, -0.2) is 0 Å². The second kappa shape index (κ2) is 4.38. The lowest BCUT2D eigenvalue weighted by Crippen LogP contribution is -1.57. The lowest BCUT2D eigenvalue weighted by atomic mass is 10.3. The molecule has 8 heavy (non-hydrogen) atoms. The Hall–Kier alpha value is -0.780. The van der Waals surface area contributed by atoms with Gasteiger partial charge >= 0.3 is 0 Å². The molecule has 0 aromatic rings. The van der Waals surface area contributed by atoms with Gasteiger partial charge in [-0.3, -0.25) is 0 Å². The van der Waals surface area contributed by atoms with E-state index >= 15 is 0 Å². The predicted molar refractivity (Wildman–Crippen MR) is 38.5 cm³/mol. The van der Waals surface area contributed by atoms with Crippen LogP contribution in [0.5, 0.6) is 0 Å². The first kappa shape index (κ1) is 7.22. The lowest BCUT2D eigenvalue weighted by Gasteiger charge is -1.78. The highest BCUT2D eigenvalue weighted by atomic mass is 13.7. The molecule has 0 N–H and O–H groups in total. The van der Waals surface area contributed by atoms with Gasteiger partial charge in [0.2, 0.25) is 0 Å². The first-order chi connectivity index (χ1) is 3.77. The van der Waals surface area contributed by atoms with Gasteiger partial charge in [-0.2, -0.15) is 0 Å². The van der Waals surface area contributed by atoms with Gasteiger partial charge in [0.15, 0.2) is 0 Å². The summed E-state index contributed by atoms with van der Waals surface area (Å²) in [7, 11) is 0. The van der Waals surface area contributed by atoms with Gasteiger partial charge in [-0.05, 0) is 13.8 Å². The van der Waals surface area contributed by atoms with Crippen LogP contribution in [-0.2, 0) is 0 Å². The standard InChI is InChI=1S/C8H11/c1-4-5-6-7-8(2)3/h4-7H,2-3H2,1H3/b5-4-,7-6-. The second-order valence-corrected chi connectivity index (χ2v) is 1.54. The van der Waals surface area contributed by atoms with E-state index in [0.717, 1.165) is 5.57 Å². The maximum Gasteiger partial charge on any atom is -0.0244 e. The number of hydrogen-bond donors (Lipinski definition) is 0. The molecule has 0 aliphatic heterocycles. The van der Waals surface area contributed by atoms with Gasteiger partial charge in [0, 0.05) is 0 Å². The Labute approximate surface area is 51.2 Å². The first-order valence-electron chi connectivity index (χ1n) is 2.57. The fraction of sp³-hybridized carbons (Fsp3) is 0.125. The van der Waals surface area contributed by atoms with Gasteiger partial charge in [-0.15, -0.1) is 0 Å². The molecule has 0 atom stereocenters. The smallest absolute Gasteiger partial charge is 0.0244 e. The van der Waals surface area contributed by atoms with Gasteiger partial charge in [0.1, 0.15) is 0 Å². The van der Waals surface area contributed by atoms with Crippen LogP contribution in [0.3, 0.4) is 0 Å². The first-order valence-corrected chi connectivity index (χ1v) is 2.57. The van der Waals surface area contributed by atoms with Crippen molar-refractivity contribution < 1.29 is 0 Å². The normalized spacial score (nSPS) is 11.2. The van der Waals surface area contributed by atoms with Crippen molar-refractivity contribution >= 4 is 0 Å². The fourth-order valence-corrected chi connectivity index (χ4v) is 0.303. The lowest BCUT2D eigenvalue weighted by molar-refractivity contribution is 1.70. The Morgan fingerprint density at radius 3 is 2.38 bits per heavy atom. The molecule has 0 spiro atoms. The molecule has 0 aromatic heterocycles. The molecule has 0 rings (SSSR count). The average molecular weight is 107 g/mol. The molecular formula is C8H11. The van der Waals surface area contributed by atoms with Crippen molar-refractivity contribution in [1.29, 1.82) is 0 Å². The molecule has 43 valence electrons. The molecule has 0 heterocycles. The molecule has 0 saturated heterocycles. The molecule has 0 fully saturated rings. The molecule has 0 unspecified atom stereocenters. The number of hydrogen-bond acceptors (Lipinski definition) is 0. The largest absolute Gasteiger partial charge is 0.0958 e. The summed E-state index contributed by atoms with van der Waals surface area (Å²) in [5.74, 6) is 0. The molecule has 0 aromatic carbocycles. The van der Waals surface area contributed by atoms with Crippen molar-refractivity contribution in [2.45, 2.75) is 6.92 Å². The Bertz CT molecular complexity index is 116. The Kier molecular flexibility index (Phi) is 3.95. The Balaban J connectivity index is 3.50. The van der Waals surface area contributed by atoms with Crippen LogP contribution in [0.2, 0.25) is 0 Å². The quantitative estimate of drug-likeness (QED) is 0.475. The zero-order valence-electron chi connectivity index (χ0n) is 5.22. The van der Waals surface area contributed by atoms with Gasteiger partial charge < -0.3 is 0 Å². The van der Waals surface area contributed by atoms with Crippen LogP contribution in [0.25, 0.3) is 0 Å². The van der Waals surface area contributed by atoms with Gasteiger partial charge in [0.05, 0.1) is 0 Å². The van der Waals surface area contributed by atoms with E-state index in [4.69, 9.17) is 0 Å². The minimum absolute atomic E-state index is 0.836. The SMILES string of the molecule is [CH2]C(=C)/C=C\C=C/C. The zero-order valence-corrected chi connectivity index (χ0v) is 5.22.